The minimum Gasteiger partial charge on any atom is -0.343 e. The van der Waals surface area contributed by atoms with Crippen molar-refractivity contribution in [1.82, 2.24) is 9.55 Å². The summed E-state index contributed by atoms with van der Waals surface area (Å²) >= 11 is 0. The highest BCUT2D eigenvalue weighted by Crippen LogP contribution is 2.31. The summed E-state index contributed by atoms with van der Waals surface area (Å²) < 4.78 is 2.04. The molecule has 0 saturated carbocycles. The van der Waals surface area contributed by atoms with Gasteiger partial charge >= 0.3 is 0 Å². The van der Waals surface area contributed by atoms with Gasteiger partial charge < -0.3 is 9.88 Å². The average molecular weight is 304 g/mol. The van der Waals surface area contributed by atoms with Crippen LogP contribution in [0.2, 0.25) is 0 Å². The normalized spacial score (nSPS) is 10.0. The Morgan fingerprint density at radius 2 is 1.83 bits per heavy atom. The van der Waals surface area contributed by atoms with Crippen LogP contribution in [0.1, 0.15) is 31.0 Å². The Morgan fingerprint density at radius 3 is 2.35 bits per heavy atom. The lowest BCUT2D eigenvalue weighted by Gasteiger charge is -2.14. The standard InChI is InChI=1S/C17H16N6/c1-10(2)23-9-21-17-15(23)5-11(3)12(4)16(17)22-14(8-20)13(6-18)7-19/h5,9-10,22H,1-4H3. The second-order valence-electron chi connectivity index (χ2n) is 5.52. The third-order valence-corrected chi connectivity index (χ3v) is 3.78. The van der Waals surface area contributed by atoms with Gasteiger partial charge in [0.05, 0.1) is 17.5 Å². The number of hydrogen-bond acceptors (Lipinski definition) is 5. The van der Waals surface area contributed by atoms with Crippen molar-refractivity contribution in [1.29, 1.82) is 15.8 Å². The molecular formula is C17H16N6. The number of hydrogen-bond donors (Lipinski definition) is 1. The Kier molecular flexibility index (Phi) is 4.35. The summed E-state index contributed by atoms with van der Waals surface area (Å²) in [5, 5.41) is 30.1. The Morgan fingerprint density at radius 1 is 1.17 bits per heavy atom. The number of imidazole rings is 1. The molecule has 0 bridgehead atoms. The molecule has 1 aromatic heterocycles. The van der Waals surface area contributed by atoms with Crippen LogP contribution in [0.4, 0.5) is 5.69 Å². The molecule has 0 saturated heterocycles. The smallest absolute Gasteiger partial charge is 0.163 e. The zero-order valence-corrected chi connectivity index (χ0v) is 13.5. The summed E-state index contributed by atoms with van der Waals surface area (Å²) in [5.41, 5.74) is 3.96. The first kappa shape index (κ1) is 16.1. The summed E-state index contributed by atoms with van der Waals surface area (Å²) in [6, 6.07) is 7.65. The lowest BCUT2D eigenvalue weighted by atomic mass is 10.1. The number of allylic oxidation sites excluding steroid dienone is 2. The van der Waals surface area contributed by atoms with Crippen molar-refractivity contribution in [2.75, 3.05) is 5.32 Å². The van der Waals surface area contributed by atoms with Crippen LogP contribution in [0.25, 0.3) is 11.0 Å². The minimum absolute atomic E-state index is 0.0657. The van der Waals surface area contributed by atoms with Gasteiger partial charge in [0.1, 0.15) is 29.4 Å². The van der Waals surface area contributed by atoms with E-state index in [2.05, 4.69) is 24.1 Å². The monoisotopic (exact) mass is 304 g/mol. The molecule has 0 unspecified atom stereocenters. The van der Waals surface area contributed by atoms with E-state index in [0.717, 1.165) is 16.6 Å². The molecule has 0 fully saturated rings. The molecule has 0 aliphatic carbocycles. The third kappa shape index (κ3) is 2.73. The van der Waals surface area contributed by atoms with Crippen molar-refractivity contribution in [3.8, 4) is 18.2 Å². The molecule has 23 heavy (non-hydrogen) atoms. The van der Waals surface area contributed by atoms with Crippen molar-refractivity contribution < 1.29 is 0 Å². The molecule has 1 N–H and O–H groups in total. The predicted octanol–water partition coefficient (Wildman–Crippen LogP) is 3.47. The molecule has 1 heterocycles. The second-order valence-corrected chi connectivity index (χ2v) is 5.52. The fourth-order valence-electron chi connectivity index (χ4n) is 2.37. The maximum absolute atomic E-state index is 9.25. The summed E-state index contributed by atoms with van der Waals surface area (Å²) in [6.07, 6.45) is 1.75. The van der Waals surface area contributed by atoms with Crippen LogP contribution in [0.3, 0.4) is 0 Å². The van der Waals surface area contributed by atoms with E-state index in [1.54, 1.807) is 18.5 Å². The van der Waals surface area contributed by atoms with Gasteiger partial charge in [-0.15, -0.1) is 0 Å². The largest absolute Gasteiger partial charge is 0.343 e. The number of anilines is 1. The fourth-order valence-corrected chi connectivity index (χ4v) is 2.37. The second kappa shape index (κ2) is 6.22. The van der Waals surface area contributed by atoms with E-state index in [-0.39, 0.29) is 17.3 Å². The molecule has 0 aliphatic heterocycles. The molecule has 0 aliphatic rings. The van der Waals surface area contributed by atoms with Crippen LogP contribution in [-0.4, -0.2) is 9.55 Å². The Hall–Kier alpha value is -3.30. The molecule has 2 aromatic rings. The van der Waals surface area contributed by atoms with Crippen LogP contribution in [0.15, 0.2) is 23.7 Å². The van der Waals surface area contributed by atoms with Gasteiger partial charge in [-0.05, 0) is 44.9 Å². The SMILES string of the molecule is Cc1cc2c(ncn2C(C)C)c(NC(C#N)=C(C#N)C#N)c1C. The summed E-state index contributed by atoms with van der Waals surface area (Å²) in [7, 11) is 0. The highest BCUT2D eigenvalue weighted by molar-refractivity contribution is 5.92. The highest BCUT2D eigenvalue weighted by atomic mass is 15.1. The topological polar surface area (TPSA) is 101 Å². The first-order valence-electron chi connectivity index (χ1n) is 7.12. The fraction of sp³-hybridized carbons (Fsp3) is 0.294. The summed E-state index contributed by atoms with van der Waals surface area (Å²) in [6.45, 7) is 8.02. The van der Waals surface area contributed by atoms with Gasteiger partial charge in [0, 0.05) is 6.04 Å². The van der Waals surface area contributed by atoms with E-state index in [4.69, 9.17) is 10.5 Å². The highest BCUT2D eigenvalue weighted by Gasteiger charge is 2.16. The number of aromatic nitrogens is 2. The number of nitrogens with one attached hydrogen (secondary N) is 1. The van der Waals surface area contributed by atoms with Crippen molar-refractivity contribution in [2.24, 2.45) is 0 Å². The van der Waals surface area contributed by atoms with Crippen molar-refractivity contribution in [3.63, 3.8) is 0 Å². The maximum atomic E-state index is 9.25. The lowest BCUT2D eigenvalue weighted by Crippen LogP contribution is -2.05. The number of nitrogens with zero attached hydrogens (tertiary/aromatic N) is 5. The molecular weight excluding hydrogens is 288 g/mol. The number of aryl methyl sites for hydroxylation is 1. The molecule has 6 heteroatoms. The van der Waals surface area contributed by atoms with E-state index in [0.29, 0.717) is 11.2 Å². The molecule has 114 valence electrons. The van der Waals surface area contributed by atoms with Crippen molar-refractivity contribution >= 4 is 16.7 Å². The number of benzene rings is 1. The van der Waals surface area contributed by atoms with E-state index in [1.165, 1.54) is 0 Å². The van der Waals surface area contributed by atoms with Gasteiger partial charge in [0.15, 0.2) is 5.57 Å². The van der Waals surface area contributed by atoms with Crippen LogP contribution in [0, 0.1) is 47.8 Å². The van der Waals surface area contributed by atoms with E-state index < -0.39 is 0 Å². The predicted molar refractivity (Wildman–Crippen MR) is 87.1 cm³/mol. The minimum atomic E-state index is -0.246. The van der Waals surface area contributed by atoms with Crippen molar-refractivity contribution in [3.05, 3.63) is 34.8 Å². The quantitative estimate of drug-likeness (QED) is 0.875. The maximum Gasteiger partial charge on any atom is 0.163 e. The van der Waals surface area contributed by atoms with Gasteiger partial charge in [0.2, 0.25) is 0 Å². The molecule has 0 radical (unpaired) electrons. The lowest BCUT2D eigenvalue weighted by molar-refractivity contribution is 0.617. The number of rotatable bonds is 3. The van der Waals surface area contributed by atoms with Crippen LogP contribution in [-0.2, 0) is 0 Å². The van der Waals surface area contributed by atoms with Gasteiger partial charge in [-0.25, -0.2) is 4.98 Å². The Labute approximate surface area is 134 Å². The van der Waals surface area contributed by atoms with E-state index >= 15 is 0 Å². The first-order chi connectivity index (χ1) is 10.9. The third-order valence-electron chi connectivity index (χ3n) is 3.78. The van der Waals surface area contributed by atoms with E-state index in [1.807, 2.05) is 30.6 Å². The Balaban J connectivity index is 2.74. The molecule has 0 spiro atoms. The molecule has 0 atom stereocenters. The average Bonchev–Trinajstić information content (AvgIpc) is 2.94. The molecule has 2 rings (SSSR count). The van der Waals surface area contributed by atoms with Crippen LogP contribution >= 0.6 is 0 Å². The zero-order valence-electron chi connectivity index (χ0n) is 13.5. The molecule has 6 nitrogen and oxygen atoms in total. The summed E-state index contributed by atoms with van der Waals surface area (Å²) in [5.74, 6) is 0. The Bertz CT molecular complexity index is 909. The van der Waals surface area contributed by atoms with E-state index in [9.17, 15) is 5.26 Å². The van der Waals surface area contributed by atoms with Crippen molar-refractivity contribution in [2.45, 2.75) is 33.7 Å². The summed E-state index contributed by atoms with van der Waals surface area (Å²) in [4.78, 5) is 4.44. The van der Waals surface area contributed by atoms with Gasteiger partial charge in [-0.1, -0.05) is 0 Å². The molecule has 1 aromatic carbocycles. The zero-order chi connectivity index (χ0) is 17.1. The number of nitriles is 3. The first-order valence-corrected chi connectivity index (χ1v) is 7.12. The van der Waals surface area contributed by atoms with Gasteiger partial charge in [0.25, 0.3) is 0 Å². The van der Waals surface area contributed by atoms with Gasteiger partial charge in [-0.2, -0.15) is 15.8 Å². The number of fused-ring (bicyclic) bond motifs is 1. The van der Waals surface area contributed by atoms with Crippen LogP contribution < -0.4 is 5.32 Å². The molecule has 0 amide bonds. The van der Waals surface area contributed by atoms with Gasteiger partial charge in [-0.3, -0.25) is 0 Å². The van der Waals surface area contributed by atoms with Crippen LogP contribution in [0.5, 0.6) is 0 Å².